The molecule has 0 aliphatic heterocycles. The Bertz CT molecular complexity index is 870. The summed E-state index contributed by atoms with van der Waals surface area (Å²) in [7, 11) is 0. The SMILES string of the molecule is CCc1ccc(CC(=O)Nc2ccc(N=Nc3ccccc3)cc2)cc1. The number of amides is 1. The van der Waals surface area contributed by atoms with E-state index in [1.54, 1.807) is 0 Å². The molecule has 0 aliphatic carbocycles. The van der Waals surface area contributed by atoms with Crippen LogP contribution < -0.4 is 5.32 Å². The van der Waals surface area contributed by atoms with Gasteiger partial charge in [-0.15, -0.1) is 0 Å². The highest BCUT2D eigenvalue weighted by Crippen LogP contribution is 2.20. The number of rotatable bonds is 6. The Hall–Kier alpha value is -3.27. The smallest absolute Gasteiger partial charge is 0.228 e. The second-order valence-corrected chi connectivity index (χ2v) is 5.98. The molecule has 1 amide bonds. The van der Waals surface area contributed by atoms with Crippen LogP contribution in [-0.4, -0.2) is 5.91 Å². The van der Waals surface area contributed by atoms with E-state index in [2.05, 4.69) is 34.6 Å². The first-order valence-corrected chi connectivity index (χ1v) is 8.67. The van der Waals surface area contributed by atoms with E-state index in [-0.39, 0.29) is 5.91 Å². The summed E-state index contributed by atoms with van der Waals surface area (Å²) < 4.78 is 0. The molecular weight excluding hydrogens is 322 g/mol. The van der Waals surface area contributed by atoms with Crippen molar-refractivity contribution in [2.45, 2.75) is 19.8 Å². The number of azo groups is 1. The summed E-state index contributed by atoms with van der Waals surface area (Å²) in [6, 6.07) is 25.0. The molecule has 26 heavy (non-hydrogen) atoms. The standard InChI is InChI=1S/C22H21N3O/c1-2-17-8-10-18(11-9-17)16-22(26)23-19-12-14-21(15-13-19)25-24-20-6-4-3-5-7-20/h3-15H,2,16H2,1H3,(H,23,26). The van der Waals surface area contributed by atoms with Crippen LogP contribution in [0.15, 0.2) is 89.1 Å². The molecule has 0 aliphatic rings. The zero-order valence-corrected chi connectivity index (χ0v) is 14.7. The number of carbonyl (C=O) groups excluding carboxylic acids is 1. The zero-order chi connectivity index (χ0) is 18.2. The second kappa shape index (κ2) is 8.72. The lowest BCUT2D eigenvalue weighted by molar-refractivity contribution is -0.115. The van der Waals surface area contributed by atoms with Crippen molar-refractivity contribution in [1.82, 2.24) is 0 Å². The summed E-state index contributed by atoms with van der Waals surface area (Å²) in [5.74, 6) is -0.0343. The van der Waals surface area contributed by atoms with Gasteiger partial charge in [0.2, 0.25) is 5.91 Å². The number of anilines is 1. The van der Waals surface area contributed by atoms with Gasteiger partial charge in [-0.05, 0) is 53.9 Å². The largest absolute Gasteiger partial charge is 0.326 e. The molecule has 4 heteroatoms. The Morgan fingerprint density at radius 2 is 1.35 bits per heavy atom. The summed E-state index contributed by atoms with van der Waals surface area (Å²) in [6.07, 6.45) is 1.36. The third kappa shape index (κ3) is 5.11. The Kier molecular flexibility index (Phi) is 5.88. The van der Waals surface area contributed by atoms with Gasteiger partial charge in [-0.1, -0.05) is 49.4 Å². The molecule has 3 aromatic carbocycles. The molecule has 0 heterocycles. The van der Waals surface area contributed by atoms with Crippen LogP contribution in [0.3, 0.4) is 0 Å². The minimum atomic E-state index is -0.0343. The van der Waals surface area contributed by atoms with Gasteiger partial charge in [-0.25, -0.2) is 0 Å². The van der Waals surface area contributed by atoms with Gasteiger partial charge in [0.05, 0.1) is 17.8 Å². The van der Waals surface area contributed by atoms with Crippen LogP contribution in [-0.2, 0) is 17.6 Å². The highest BCUT2D eigenvalue weighted by atomic mass is 16.1. The van der Waals surface area contributed by atoms with Crippen molar-refractivity contribution in [3.05, 3.63) is 90.0 Å². The van der Waals surface area contributed by atoms with E-state index >= 15 is 0 Å². The quantitative estimate of drug-likeness (QED) is 0.561. The van der Waals surface area contributed by atoms with Crippen molar-refractivity contribution in [2.75, 3.05) is 5.32 Å². The number of hydrogen-bond donors (Lipinski definition) is 1. The van der Waals surface area contributed by atoms with Gasteiger partial charge in [-0.2, -0.15) is 10.2 Å². The number of carbonyl (C=O) groups is 1. The van der Waals surface area contributed by atoms with Gasteiger partial charge < -0.3 is 5.32 Å². The molecule has 130 valence electrons. The van der Waals surface area contributed by atoms with Crippen LogP contribution in [0.2, 0.25) is 0 Å². The summed E-state index contributed by atoms with van der Waals surface area (Å²) in [5, 5.41) is 11.3. The average molecular weight is 343 g/mol. The Labute approximate surface area is 153 Å². The van der Waals surface area contributed by atoms with Crippen molar-refractivity contribution >= 4 is 23.0 Å². The van der Waals surface area contributed by atoms with Gasteiger partial charge in [0, 0.05) is 5.69 Å². The number of benzene rings is 3. The lowest BCUT2D eigenvalue weighted by Crippen LogP contribution is -2.14. The fourth-order valence-electron chi connectivity index (χ4n) is 2.50. The molecule has 0 aromatic heterocycles. The lowest BCUT2D eigenvalue weighted by atomic mass is 10.1. The summed E-state index contributed by atoms with van der Waals surface area (Å²) >= 11 is 0. The molecule has 0 fully saturated rings. The molecule has 0 unspecified atom stereocenters. The van der Waals surface area contributed by atoms with Crippen molar-refractivity contribution < 1.29 is 4.79 Å². The minimum absolute atomic E-state index is 0.0343. The summed E-state index contributed by atoms with van der Waals surface area (Å²) in [6.45, 7) is 2.12. The van der Waals surface area contributed by atoms with Crippen LogP contribution in [0.25, 0.3) is 0 Å². The molecule has 0 saturated heterocycles. The van der Waals surface area contributed by atoms with Crippen molar-refractivity contribution in [2.24, 2.45) is 10.2 Å². The molecule has 3 rings (SSSR count). The Morgan fingerprint density at radius 3 is 1.96 bits per heavy atom. The van der Waals surface area contributed by atoms with Gasteiger partial charge in [0.25, 0.3) is 0 Å². The van der Waals surface area contributed by atoms with Gasteiger partial charge in [0.1, 0.15) is 0 Å². The molecule has 4 nitrogen and oxygen atoms in total. The normalized spacial score (nSPS) is 10.8. The van der Waals surface area contributed by atoms with Crippen molar-refractivity contribution in [3.8, 4) is 0 Å². The monoisotopic (exact) mass is 343 g/mol. The first-order valence-electron chi connectivity index (χ1n) is 8.67. The van der Waals surface area contributed by atoms with Crippen LogP contribution in [0.5, 0.6) is 0 Å². The van der Waals surface area contributed by atoms with E-state index in [4.69, 9.17) is 0 Å². The van der Waals surface area contributed by atoms with Crippen LogP contribution in [0.1, 0.15) is 18.1 Å². The maximum Gasteiger partial charge on any atom is 0.228 e. The summed E-state index contributed by atoms with van der Waals surface area (Å²) in [4.78, 5) is 12.2. The molecular formula is C22H21N3O. The Morgan fingerprint density at radius 1 is 0.769 bits per heavy atom. The molecule has 1 N–H and O–H groups in total. The fraction of sp³-hybridized carbons (Fsp3) is 0.136. The van der Waals surface area contributed by atoms with Crippen molar-refractivity contribution in [3.63, 3.8) is 0 Å². The first-order chi connectivity index (χ1) is 12.7. The molecule has 0 spiro atoms. The average Bonchev–Trinajstić information content (AvgIpc) is 2.69. The van der Waals surface area contributed by atoms with Crippen molar-refractivity contribution in [1.29, 1.82) is 0 Å². The van der Waals surface area contributed by atoms with E-state index in [1.807, 2.05) is 66.7 Å². The highest BCUT2D eigenvalue weighted by molar-refractivity contribution is 5.92. The number of nitrogens with zero attached hydrogens (tertiary/aromatic N) is 2. The van der Waals surface area contributed by atoms with Crippen LogP contribution in [0.4, 0.5) is 17.1 Å². The molecule has 0 atom stereocenters. The third-order valence-corrected chi connectivity index (χ3v) is 3.98. The number of aryl methyl sites for hydroxylation is 1. The summed E-state index contributed by atoms with van der Waals surface area (Å²) in [5.41, 5.74) is 4.57. The van der Waals surface area contributed by atoms with Crippen LogP contribution in [0, 0.1) is 0 Å². The maximum atomic E-state index is 12.2. The molecule has 0 saturated carbocycles. The van der Waals surface area contributed by atoms with Crippen LogP contribution >= 0.6 is 0 Å². The molecule has 0 radical (unpaired) electrons. The zero-order valence-electron chi connectivity index (χ0n) is 14.7. The number of nitrogens with one attached hydrogen (secondary N) is 1. The van der Waals surface area contributed by atoms with E-state index in [0.717, 1.165) is 29.0 Å². The number of hydrogen-bond acceptors (Lipinski definition) is 3. The van der Waals surface area contributed by atoms with Gasteiger partial charge in [-0.3, -0.25) is 4.79 Å². The third-order valence-electron chi connectivity index (χ3n) is 3.98. The predicted molar refractivity (Wildman–Crippen MR) is 105 cm³/mol. The van der Waals surface area contributed by atoms with E-state index < -0.39 is 0 Å². The second-order valence-electron chi connectivity index (χ2n) is 5.98. The van der Waals surface area contributed by atoms with E-state index in [1.165, 1.54) is 5.56 Å². The minimum Gasteiger partial charge on any atom is -0.326 e. The topological polar surface area (TPSA) is 53.8 Å². The molecule has 0 bridgehead atoms. The Balaban J connectivity index is 1.56. The lowest BCUT2D eigenvalue weighted by Gasteiger charge is -2.06. The predicted octanol–water partition coefficient (Wildman–Crippen LogP) is 5.85. The van der Waals surface area contributed by atoms with E-state index in [0.29, 0.717) is 6.42 Å². The first kappa shape index (κ1) is 17.5. The van der Waals surface area contributed by atoms with Gasteiger partial charge >= 0.3 is 0 Å². The van der Waals surface area contributed by atoms with Gasteiger partial charge in [0.15, 0.2) is 0 Å². The highest BCUT2D eigenvalue weighted by Gasteiger charge is 2.04. The van der Waals surface area contributed by atoms with E-state index in [9.17, 15) is 4.79 Å². The molecule has 3 aromatic rings. The maximum absolute atomic E-state index is 12.2. The fourth-order valence-corrected chi connectivity index (χ4v) is 2.50.